The second kappa shape index (κ2) is 6.96. The fraction of sp³-hybridized carbons (Fsp3) is 0.462. The first-order valence-electron chi connectivity index (χ1n) is 5.88. The minimum Gasteiger partial charge on any atom is -0.494 e. The molecule has 0 aliphatic carbocycles. The van der Waals surface area contributed by atoms with Crippen LogP contribution in [0.4, 0.5) is 4.39 Å². The van der Waals surface area contributed by atoms with Crippen molar-refractivity contribution in [2.75, 3.05) is 13.7 Å². The van der Waals surface area contributed by atoms with Gasteiger partial charge in [0.25, 0.3) is 0 Å². The van der Waals surface area contributed by atoms with Gasteiger partial charge >= 0.3 is 0 Å². The number of carbonyl (C=O) groups is 1. The highest BCUT2D eigenvalue weighted by atomic mass is 19.1. The molecule has 5 heteroatoms. The molecule has 100 valence electrons. The molecule has 1 rings (SSSR count). The third kappa shape index (κ3) is 4.00. The molecule has 0 heterocycles. The first-order chi connectivity index (χ1) is 8.58. The average molecular weight is 254 g/mol. The summed E-state index contributed by atoms with van der Waals surface area (Å²) in [6, 6.07) is 4.61. The summed E-state index contributed by atoms with van der Waals surface area (Å²) in [4.78, 5) is 11.6. The predicted octanol–water partition coefficient (Wildman–Crippen LogP) is 1.44. The molecule has 0 aromatic heterocycles. The molecule has 4 nitrogen and oxygen atoms in total. The summed E-state index contributed by atoms with van der Waals surface area (Å²) in [6.45, 7) is 2.59. The van der Waals surface area contributed by atoms with Gasteiger partial charge in [-0.05, 0) is 30.7 Å². The van der Waals surface area contributed by atoms with E-state index in [9.17, 15) is 9.18 Å². The molecule has 1 atom stereocenters. The Bertz CT molecular complexity index is 410. The number of benzene rings is 1. The van der Waals surface area contributed by atoms with Crippen LogP contribution in [-0.4, -0.2) is 19.6 Å². The van der Waals surface area contributed by atoms with Crippen LogP contribution in [0.25, 0.3) is 0 Å². The Morgan fingerprint density at radius 3 is 2.83 bits per heavy atom. The van der Waals surface area contributed by atoms with Crippen LogP contribution in [0.1, 0.15) is 18.9 Å². The number of hydrogen-bond donors (Lipinski definition) is 2. The van der Waals surface area contributed by atoms with E-state index in [0.717, 1.165) is 0 Å². The van der Waals surface area contributed by atoms with E-state index in [1.165, 1.54) is 13.2 Å². The number of amides is 1. The number of rotatable bonds is 6. The maximum atomic E-state index is 13.4. The Kier molecular flexibility index (Phi) is 5.58. The molecular formula is C13H19FN2O2. The van der Waals surface area contributed by atoms with E-state index in [4.69, 9.17) is 10.5 Å². The van der Waals surface area contributed by atoms with Crippen LogP contribution < -0.4 is 15.8 Å². The van der Waals surface area contributed by atoms with Crippen LogP contribution in [0.3, 0.4) is 0 Å². The minimum atomic E-state index is -0.431. The van der Waals surface area contributed by atoms with Crippen molar-refractivity contribution in [2.45, 2.75) is 19.9 Å². The van der Waals surface area contributed by atoms with Crippen LogP contribution in [0, 0.1) is 11.7 Å². The quantitative estimate of drug-likeness (QED) is 0.807. The van der Waals surface area contributed by atoms with Gasteiger partial charge < -0.3 is 15.8 Å². The summed E-state index contributed by atoms with van der Waals surface area (Å²) < 4.78 is 18.2. The highest BCUT2D eigenvalue weighted by Crippen LogP contribution is 2.17. The summed E-state index contributed by atoms with van der Waals surface area (Å²) in [6.07, 6.45) is 0.642. The Hall–Kier alpha value is -1.62. The van der Waals surface area contributed by atoms with Crippen LogP contribution in [-0.2, 0) is 11.3 Å². The number of hydrogen-bond acceptors (Lipinski definition) is 3. The van der Waals surface area contributed by atoms with Gasteiger partial charge in [0.1, 0.15) is 0 Å². The van der Waals surface area contributed by atoms with E-state index in [1.807, 2.05) is 6.92 Å². The summed E-state index contributed by atoms with van der Waals surface area (Å²) in [5.74, 6) is -0.435. The van der Waals surface area contributed by atoms with Gasteiger partial charge in [0, 0.05) is 12.5 Å². The molecule has 0 aliphatic heterocycles. The number of halogens is 1. The van der Waals surface area contributed by atoms with Gasteiger partial charge in [-0.1, -0.05) is 13.0 Å². The zero-order chi connectivity index (χ0) is 13.5. The number of ether oxygens (including phenoxy) is 1. The van der Waals surface area contributed by atoms with E-state index in [0.29, 0.717) is 25.1 Å². The third-order valence-corrected chi connectivity index (χ3v) is 2.73. The zero-order valence-electron chi connectivity index (χ0n) is 10.7. The molecule has 0 fully saturated rings. The maximum Gasteiger partial charge on any atom is 0.223 e. The van der Waals surface area contributed by atoms with Crippen LogP contribution in [0.2, 0.25) is 0 Å². The summed E-state index contributed by atoms with van der Waals surface area (Å²) in [5.41, 5.74) is 6.08. The molecule has 0 aliphatic rings. The highest BCUT2D eigenvalue weighted by molar-refractivity contribution is 5.78. The molecule has 18 heavy (non-hydrogen) atoms. The molecule has 0 spiro atoms. The van der Waals surface area contributed by atoms with Gasteiger partial charge in [0.2, 0.25) is 5.91 Å². The molecule has 0 saturated heterocycles. The zero-order valence-corrected chi connectivity index (χ0v) is 10.7. The molecular weight excluding hydrogens is 235 g/mol. The molecule has 0 saturated carbocycles. The van der Waals surface area contributed by atoms with Crippen LogP contribution in [0.5, 0.6) is 5.75 Å². The smallest absolute Gasteiger partial charge is 0.223 e. The summed E-state index contributed by atoms with van der Waals surface area (Å²) in [7, 11) is 1.41. The predicted molar refractivity (Wildman–Crippen MR) is 67.6 cm³/mol. The van der Waals surface area contributed by atoms with Crippen LogP contribution in [0.15, 0.2) is 18.2 Å². The lowest BCUT2D eigenvalue weighted by atomic mass is 10.1. The van der Waals surface area contributed by atoms with Gasteiger partial charge in [-0.2, -0.15) is 0 Å². The number of methoxy groups -OCH3 is 1. The summed E-state index contributed by atoms with van der Waals surface area (Å²) >= 11 is 0. The minimum absolute atomic E-state index is 0.0725. The van der Waals surface area contributed by atoms with Crippen molar-refractivity contribution < 1.29 is 13.9 Å². The average Bonchev–Trinajstić information content (AvgIpc) is 2.36. The highest BCUT2D eigenvalue weighted by Gasteiger charge is 2.11. The Labute approximate surface area is 106 Å². The van der Waals surface area contributed by atoms with E-state index in [1.54, 1.807) is 12.1 Å². The molecule has 1 aromatic rings. The molecule has 1 unspecified atom stereocenters. The normalized spacial score (nSPS) is 12.0. The second-order valence-electron chi connectivity index (χ2n) is 4.17. The Balaban J connectivity index is 2.53. The lowest BCUT2D eigenvalue weighted by Gasteiger charge is -2.11. The van der Waals surface area contributed by atoms with Crippen molar-refractivity contribution in [3.05, 3.63) is 29.6 Å². The number of nitrogens with one attached hydrogen (secondary N) is 1. The van der Waals surface area contributed by atoms with Gasteiger partial charge in [0.05, 0.1) is 7.11 Å². The fourth-order valence-electron chi connectivity index (χ4n) is 1.56. The fourth-order valence-corrected chi connectivity index (χ4v) is 1.56. The third-order valence-electron chi connectivity index (χ3n) is 2.73. The molecule has 0 radical (unpaired) electrons. The van der Waals surface area contributed by atoms with Crippen molar-refractivity contribution in [1.82, 2.24) is 5.32 Å². The first kappa shape index (κ1) is 14.4. The second-order valence-corrected chi connectivity index (χ2v) is 4.17. The van der Waals surface area contributed by atoms with Crippen LogP contribution >= 0.6 is 0 Å². The van der Waals surface area contributed by atoms with Crippen molar-refractivity contribution in [3.63, 3.8) is 0 Å². The molecule has 1 aromatic carbocycles. The summed E-state index contributed by atoms with van der Waals surface area (Å²) in [5, 5.41) is 2.75. The van der Waals surface area contributed by atoms with Crippen molar-refractivity contribution in [2.24, 2.45) is 11.7 Å². The molecule has 1 amide bonds. The Morgan fingerprint density at radius 1 is 1.56 bits per heavy atom. The number of nitrogens with two attached hydrogens (primary N) is 1. The van der Waals surface area contributed by atoms with Crippen molar-refractivity contribution in [1.29, 1.82) is 0 Å². The lowest BCUT2D eigenvalue weighted by Crippen LogP contribution is -2.29. The maximum absolute atomic E-state index is 13.4. The van der Waals surface area contributed by atoms with E-state index < -0.39 is 5.82 Å². The van der Waals surface area contributed by atoms with E-state index in [-0.39, 0.29) is 17.6 Å². The first-order valence-corrected chi connectivity index (χ1v) is 5.88. The standard InChI is InChI=1S/C13H19FN2O2/c1-9(5-6-15)13(17)16-8-10-3-4-12(18-2)11(14)7-10/h3-4,7,9H,5-6,8,15H2,1-2H3,(H,16,17). The monoisotopic (exact) mass is 254 g/mol. The van der Waals surface area contributed by atoms with Gasteiger partial charge in [0.15, 0.2) is 11.6 Å². The van der Waals surface area contributed by atoms with Gasteiger partial charge in [-0.25, -0.2) is 4.39 Å². The van der Waals surface area contributed by atoms with Gasteiger partial charge in [-0.15, -0.1) is 0 Å². The topological polar surface area (TPSA) is 64.3 Å². The molecule has 0 bridgehead atoms. The SMILES string of the molecule is COc1ccc(CNC(=O)C(C)CCN)cc1F. The largest absolute Gasteiger partial charge is 0.494 e. The molecule has 3 N–H and O–H groups in total. The van der Waals surface area contributed by atoms with E-state index in [2.05, 4.69) is 5.32 Å². The lowest BCUT2D eigenvalue weighted by molar-refractivity contribution is -0.124. The van der Waals surface area contributed by atoms with Crippen molar-refractivity contribution >= 4 is 5.91 Å². The Morgan fingerprint density at radius 2 is 2.28 bits per heavy atom. The van der Waals surface area contributed by atoms with Gasteiger partial charge in [-0.3, -0.25) is 4.79 Å². The van der Waals surface area contributed by atoms with E-state index >= 15 is 0 Å². The number of carbonyl (C=O) groups excluding carboxylic acids is 1. The van der Waals surface area contributed by atoms with Crippen molar-refractivity contribution in [3.8, 4) is 5.75 Å².